The minimum Gasteiger partial charge on any atom is -0.356 e. The van der Waals surface area contributed by atoms with Gasteiger partial charge in [-0.05, 0) is 49.3 Å². The summed E-state index contributed by atoms with van der Waals surface area (Å²) in [5, 5.41) is 6.61. The number of aliphatic imine (C=N–C) groups is 1. The van der Waals surface area contributed by atoms with E-state index >= 15 is 0 Å². The van der Waals surface area contributed by atoms with E-state index in [0.29, 0.717) is 37.1 Å². The average Bonchev–Trinajstić information content (AvgIpc) is 3.27. The van der Waals surface area contributed by atoms with Gasteiger partial charge >= 0.3 is 0 Å². The Bertz CT molecular complexity index is 735. The molecular weight excluding hydrogens is 456 g/mol. The van der Waals surface area contributed by atoms with Crippen LogP contribution >= 0.6 is 24.0 Å². The molecule has 140 valence electrons. The number of rotatable bonds is 5. The highest BCUT2D eigenvalue weighted by atomic mass is 127. The fourth-order valence-corrected chi connectivity index (χ4v) is 4.68. The summed E-state index contributed by atoms with van der Waals surface area (Å²) >= 11 is 0. The summed E-state index contributed by atoms with van der Waals surface area (Å²) in [6.07, 6.45) is 2.98. The molecule has 1 saturated heterocycles. The Kier molecular flexibility index (Phi) is 7.07. The molecule has 1 saturated carbocycles. The van der Waals surface area contributed by atoms with Gasteiger partial charge in [-0.3, -0.25) is 0 Å². The fraction of sp³-hybridized carbons (Fsp3) is 0.588. The van der Waals surface area contributed by atoms with Gasteiger partial charge in [0, 0.05) is 12.6 Å². The van der Waals surface area contributed by atoms with Crippen LogP contribution in [0, 0.1) is 18.7 Å². The topological polar surface area (TPSA) is 70.6 Å². The molecule has 25 heavy (non-hydrogen) atoms. The number of halogens is 2. The van der Waals surface area contributed by atoms with Crippen LogP contribution in [0.1, 0.15) is 30.4 Å². The summed E-state index contributed by atoms with van der Waals surface area (Å²) in [6.45, 7) is 2.82. The van der Waals surface area contributed by atoms with Gasteiger partial charge in [-0.2, -0.15) is 0 Å². The number of nitrogens with zero attached hydrogens (tertiary/aromatic N) is 1. The first-order chi connectivity index (χ1) is 11.4. The molecule has 2 N–H and O–H groups in total. The van der Waals surface area contributed by atoms with Gasteiger partial charge in [-0.25, -0.2) is 17.8 Å². The molecule has 0 radical (unpaired) electrons. The number of hydrogen-bond acceptors (Lipinski definition) is 3. The summed E-state index contributed by atoms with van der Waals surface area (Å²) < 4.78 is 36.4. The van der Waals surface area contributed by atoms with Gasteiger partial charge in [0.05, 0.1) is 18.1 Å². The zero-order chi connectivity index (χ0) is 17.2. The summed E-state index contributed by atoms with van der Waals surface area (Å²) in [4.78, 5) is 4.56. The van der Waals surface area contributed by atoms with Crippen molar-refractivity contribution in [3.63, 3.8) is 0 Å². The van der Waals surface area contributed by atoms with Gasteiger partial charge in [0.1, 0.15) is 5.82 Å². The highest BCUT2D eigenvalue weighted by molar-refractivity contribution is 14.0. The van der Waals surface area contributed by atoms with E-state index in [1.54, 1.807) is 19.1 Å². The Morgan fingerprint density at radius 1 is 1.32 bits per heavy atom. The van der Waals surface area contributed by atoms with E-state index in [2.05, 4.69) is 15.6 Å². The van der Waals surface area contributed by atoms with Crippen molar-refractivity contribution in [3.05, 3.63) is 35.1 Å². The van der Waals surface area contributed by atoms with Crippen LogP contribution in [-0.2, 0) is 16.4 Å². The van der Waals surface area contributed by atoms with Crippen LogP contribution in [0.4, 0.5) is 4.39 Å². The number of sulfone groups is 1. The lowest BCUT2D eigenvalue weighted by atomic mass is 10.1. The molecule has 3 rings (SSSR count). The van der Waals surface area contributed by atoms with Crippen molar-refractivity contribution in [2.24, 2.45) is 10.9 Å². The van der Waals surface area contributed by atoms with Crippen molar-refractivity contribution in [1.82, 2.24) is 10.6 Å². The van der Waals surface area contributed by atoms with E-state index in [-0.39, 0.29) is 47.2 Å². The molecule has 1 heterocycles. The third kappa shape index (κ3) is 6.40. The van der Waals surface area contributed by atoms with E-state index in [0.717, 1.165) is 18.4 Å². The zero-order valence-corrected chi connectivity index (χ0v) is 17.4. The van der Waals surface area contributed by atoms with Crippen LogP contribution in [0.15, 0.2) is 23.2 Å². The van der Waals surface area contributed by atoms with Crippen LogP contribution in [0.25, 0.3) is 0 Å². The van der Waals surface area contributed by atoms with E-state index < -0.39 is 9.84 Å². The normalized spacial score (nSPS) is 22.3. The third-order valence-electron chi connectivity index (χ3n) is 4.45. The molecule has 1 aliphatic carbocycles. The summed E-state index contributed by atoms with van der Waals surface area (Å²) in [7, 11) is -2.85. The molecule has 8 heteroatoms. The monoisotopic (exact) mass is 481 g/mol. The van der Waals surface area contributed by atoms with Gasteiger partial charge in [-0.15, -0.1) is 24.0 Å². The van der Waals surface area contributed by atoms with Crippen LogP contribution < -0.4 is 10.6 Å². The second-order valence-corrected chi connectivity index (χ2v) is 9.05. The minimum absolute atomic E-state index is 0. The van der Waals surface area contributed by atoms with Crippen molar-refractivity contribution in [2.45, 2.75) is 38.8 Å². The summed E-state index contributed by atoms with van der Waals surface area (Å²) in [5.74, 6) is 1.20. The molecule has 1 atom stereocenters. The van der Waals surface area contributed by atoms with Gasteiger partial charge in [0.25, 0.3) is 0 Å². The molecule has 2 fully saturated rings. The molecule has 1 aromatic carbocycles. The summed E-state index contributed by atoms with van der Waals surface area (Å²) in [6, 6.07) is 5.46. The second-order valence-electron chi connectivity index (χ2n) is 6.82. The summed E-state index contributed by atoms with van der Waals surface area (Å²) in [5.41, 5.74) is 1.57. The van der Waals surface area contributed by atoms with Crippen molar-refractivity contribution in [2.75, 3.05) is 18.1 Å². The van der Waals surface area contributed by atoms with Crippen molar-refractivity contribution < 1.29 is 12.8 Å². The maximum atomic E-state index is 13.3. The first-order valence-corrected chi connectivity index (χ1v) is 10.2. The smallest absolute Gasteiger partial charge is 0.191 e. The van der Waals surface area contributed by atoms with E-state index in [1.807, 2.05) is 0 Å². The van der Waals surface area contributed by atoms with E-state index in [1.165, 1.54) is 6.07 Å². The van der Waals surface area contributed by atoms with Crippen LogP contribution in [-0.4, -0.2) is 38.5 Å². The largest absolute Gasteiger partial charge is 0.356 e. The van der Waals surface area contributed by atoms with Crippen molar-refractivity contribution in [1.29, 1.82) is 0 Å². The standard InChI is InChI=1S/C17H24FN3O2S.HI/c1-12-8-13(2-5-16(12)18)9-19-17(21-15-3-4-15)20-10-14-6-7-24(22,23)11-14;/h2,5,8,14-15H,3-4,6-7,9-11H2,1H3,(H2,19,20,21);1H. The maximum Gasteiger partial charge on any atom is 0.191 e. The van der Waals surface area contributed by atoms with Gasteiger partial charge in [0.2, 0.25) is 0 Å². The fourth-order valence-electron chi connectivity index (χ4n) is 2.82. The highest BCUT2D eigenvalue weighted by Crippen LogP contribution is 2.19. The van der Waals surface area contributed by atoms with Crippen molar-refractivity contribution in [3.8, 4) is 0 Å². The second kappa shape index (κ2) is 8.66. The molecule has 5 nitrogen and oxygen atoms in total. The Morgan fingerprint density at radius 3 is 2.68 bits per heavy atom. The Morgan fingerprint density at radius 2 is 2.08 bits per heavy atom. The van der Waals surface area contributed by atoms with E-state index in [9.17, 15) is 12.8 Å². The average molecular weight is 481 g/mol. The highest BCUT2D eigenvalue weighted by Gasteiger charge is 2.28. The maximum absolute atomic E-state index is 13.3. The first kappa shape index (κ1) is 20.4. The molecule has 0 aromatic heterocycles. The molecular formula is C17H25FIN3O2S. The van der Waals surface area contributed by atoms with Crippen LogP contribution in [0.2, 0.25) is 0 Å². The predicted octanol–water partition coefficient (Wildman–Crippen LogP) is 2.38. The quantitative estimate of drug-likeness (QED) is 0.385. The minimum atomic E-state index is -2.85. The number of guanidine groups is 1. The Hall–Kier alpha value is -0.900. The van der Waals surface area contributed by atoms with Gasteiger partial charge in [0.15, 0.2) is 15.8 Å². The molecule has 0 amide bonds. The Labute approximate surface area is 165 Å². The van der Waals surface area contributed by atoms with E-state index in [4.69, 9.17) is 0 Å². The number of hydrogen-bond donors (Lipinski definition) is 2. The SMILES string of the molecule is Cc1cc(CN=C(NCC2CCS(=O)(=O)C2)NC2CC2)ccc1F.I. The number of nitrogens with one attached hydrogen (secondary N) is 2. The lowest BCUT2D eigenvalue weighted by Gasteiger charge is -2.15. The predicted molar refractivity (Wildman–Crippen MR) is 109 cm³/mol. The number of benzene rings is 1. The van der Waals surface area contributed by atoms with Crippen LogP contribution in [0.5, 0.6) is 0 Å². The molecule has 0 spiro atoms. The lowest BCUT2D eigenvalue weighted by molar-refractivity contribution is 0.566. The third-order valence-corrected chi connectivity index (χ3v) is 6.28. The number of aryl methyl sites for hydroxylation is 1. The molecule has 1 unspecified atom stereocenters. The van der Waals surface area contributed by atoms with Crippen LogP contribution in [0.3, 0.4) is 0 Å². The first-order valence-electron chi connectivity index (χ1n) is 8.41. The lowest BCUT2D eigenvalue weighted by Crippen LogP contribution is -2.41. The van der Waals surface area contributed by atoms with Gasteiger partial charge in [-0.1, -0.05) is 12.1 Å². The van der Waals surface area contributed by atoms with Gasteiger partial charge < -0.3 is 10.6 Å². The molecule has 2 aliphatic rings. The zero-order valence-electron chi connectivity index (χ0n) is 14.3. The Balaban J connectivity index is 0.00000225. The van der Waals surface area contributed by atoms with Crippen molar-refractivity contribution >= 4 is 39.8 Å². The molecule has 1 aliphatic heterocycles. The molecule has 1 aromatic rings. The molecule has 0 bridgehead atoms.